The molecule has 1 saturated heterocycles. The number of thiophene rings is 1. The quantitative estimate of drug-likeness (QED) is 0.798. The zero-order chi connectivity index (χ0) is 11.4. The number of Topliss-reactive ketones (excluding diaryl/α,β-unsaturated/α-hetero) is 1. The first-order valence-electron chi connectivity index (χ1n) is 5.71. The highest BCUT2D eigenvalue weighted by molar-refractivity contribution is 7.12. The number of nitrogens with one attached hydrogen (secondary N) is 1. The van der Waals surface area contributed by atoms with Crippen LogP contribution in [-0.4, -0.2) is 31.6 Å². The molecule has 1 N–H and O–H groups in total. The molecule has 1 fully saturated rings. The SMILES string of the molecule is CCCNC1COCC1C(=O)c1cccs1. The van der Waals surface area contributed by atoms with Crippen LogP contribution in [-0.2, 0) is 4.74 Å². The summed E-state index contributed by atoms with van der Waals surface area (Å²) in [6.45, 7) is 4.28. The summed E-state index contributed by atoms with van der Waals surface area (Å²) in [6.07, 6.45) is 1.08. The number of ketones is 1. The molecule has 4 heteroatoms. The molecule has 16 heavy (non-hydrogen) atoms. The molecule has 3 nitrogen and oxygen atoms in total. The van der Waals surface area contributed by atoms with Crippen molar-refractivity contribution in [2.75, 3.05) is 19.8 Å². The van der Waals surface area contributed by atoms with Gasteiger partial charge < -0.3 is 10.1 Å². The van der Waals surface area contributed by atoms with Gasteiger partial charge in [0.15, 0.2) is 5.78 Å². The van der Waals surface area contributed by atoms with Crippen molar-refractivity contribution in [1.29, 1.82) is 0 Å². The maximum atomic E-state index is 12.2. The molecule has 1 aliphatic rings. The van der Waals surface area contributed by atoms with Crippen LogP contribution < -0.4 is 5.32 Å². The van der Waals surface area contributed by atoms with Gasteiger partial charge in [-0.1, -0.05) is 13.0 Å². The zero-order valence-corrected chi connectivity index (χ0v) is 10.3. The van der Waals surface area contributed by atoms with Crippen LogP contribution in [0.2, 0.25) is 0 Å². The maximum Gasteiger partial charge on any atom is 0.179 e. The van der Waals surface area contributed by atoms with Crippen molar-refractivity contribution in [2.45, 2.75) is 19.4 Å². The van der Waals surface area contributed by atoms with E-state index in [4.69, 9.17) is 4.74 Å². The van der Waals surface area contributed by atoms with E-state index >= 15 is 0 Å². The Bertz CT molecular complexity index is 337. The van der Waals surface area contributed by atoms with Gasteiger partial charge in [0, 0.05) is 6.04 Å². The Kier molecular flexibility index (Phi) is 4.09. The molecule has 1 aromatic rings. The summed E-state index contributed by atoms with van der Waals surface area (Å²) in [4.78, 5) is 13.0. The smallest absolute Gasteiger partial charge is 0.179 e. The van der Waals surface area contributed by atoms with Gasteiger partial charge >= 0.3 is 0 Å². The predicted octanol–water partition coefficient (Wildman–Crippen LogP) is 1.95. The van der Waals surface area contributed by atoms with E-state index in [1.54, 1.807) is 0 Å². The average Bonchev–Trinajstić information content (AvgIpc) is 2.96. The van der Waals surface area contributed by atoms with Gasteiger partial charge in [0.25, 0.3) is 0 Å². The molecular formula is C12H17NO2S. The van der Waals surface area contributed by atoms with E-state index in [-0.39, 0.29) is 17.7 Å². The summed E-state index contributed by atoms with van der Waals surface area (Å²) in [5.74, 6) is 0.214. The van der Waals surface area contributed by atoms with Crippen LogP contribution in [0.1, 0.15) is 23.0 Å². The topological polar surface area (TPSA) is 38.3 Å². The highest BCUT2D eigenvalue weighted by Crippen LogP contribution is 2.21. The summed E-state index contributed by atoms with van der Waals surface area (Å²) in [5.41, 5.74) is 0. The number of carbonyl (C=O) groups excluding carboxylic acids is 1. The largest absolute Gasteiger partial charge is 0.379 e. The Labute approximate surface area is 99.8 Å². The Balaban J connectivity index is 1.99. The summed E-state index contributed by atoms with van der Waals surface area (Å²) >= 11 is 1.51. The van der Waals surface area contributed by atoms with Gasteiger partial charge in [-0.25, -0.2) is 0 Å². The molecule has 88 valence electrons. The van der Waals surface area contributed by atoms with E-state index in [1.807, 2.05) is 17.5 Å². The number of hydrogen-bond donors (Lipinski definition) is 1. The second kappa shape index (κ2) is 5.57. The van der Waals surface area contributed by atoms with Crippen LogP contribution in [0.5, 0.6) is 0 Å². The lowest BCUT2D eigenvalue weighted by atomic mass is 9.97. The van der Waals surface area contributed by atoms with Gasteiger partial charge in [-0.15, -0.1) is 11.3 Å². The average molecular weight is 239 g/mol. The Morgan fingerprint density at radius 1 is 1.62 bits per heavy atom. The molecule has 1 aliphatic heterocycles. The van der Waals surface area contributed by atoms with Crippen LogP contribution in [0, 0.1) is 5.92 Å². The number of ether oxygens (including phenoxy) is 1. The molecule has 0 amide bonds. The van der Waals surface area contributed by atoms with E-state index < -0.39 is 0 Å². The molecule has 0 radical (unpaired) electrons. The Morgan fingerprint density at radius 3 is 3.19 bits per heavy atom. The first-order chi connectivity index (χ1) is 7.83. The fraction of sp³-hybridized carbons (Fsp3) is 0.583. The van der Waals surface area contributed by atoms with Crippen molar-refractivity contribution in [1.82, 2.24) is 5.32 Å². The normalized spacial score (nSPS) is 24.8. The zero-order valence-electron chi connectivity index (χ0n) is 9.44. The highest BCUT2D eigenvalue weighted by Gasteiger charge is 2.34. The van der Waals surface area contributed by atoms with Gasteiger partial charge in [0.05, 0.1) is 24.0 Å². The summed E-state index contributed by atoms with van der Waals surface area (Å²) in [7, 11) is 0. The van der Waals surface area contributed by atoms with E-state index in [2.05, 4.69) is 12.2 Å². The van der Waals surface area contributed by atoms with Crippen LogP contribution in [0.25, 0.3) is 0 Å². The fourth-order valence-corrected chi connectivity index (χ4v) is 2.67. The van der Waals surface area contributed by atoms with E-state index in [9.17, 15) is 4.79 Å². The van der Waals surface area contributed by atoms with Crippen LogP contribution in [0.4, 0.5) is 0 Å². The van der Waals surface area contributed by atoms with Gasteiger partial charge in [-0.05, 0) is 24.4 Å². The summed E-state index contributed by atoms with van der Waals surface area (Å²) in [6, 6.07) is 4.00. The van der Waals surface area contributed by atoms with Crippen molar-refractivity contribution in [3.63, 3.8) is 0 Å². The van der Waals surface area contributed by atoms with E-state index in [0.29, 0.717) is 13.2 Å². The number of rotatable bonds is 5. The minimum absolute atomic E-state index is 0.00907. The van der Waals surface area contributed by atoms with Gasteiger partial charge in [-0.2, -0.15) is 0 Å². The van der Waals surface area contributed by atoms with Crippen molar-refractivity contribution < 1.29 is 9.53 Å². The lowest BCUT2D eigenvalue weighted by molar-refractivity contribution is 0.0895. The molecule has 2 heterocycles. The second-order valence-corrected chi connectivity index (χ2v) is 4.99. The minimum atomic E-state index is -0.00907. The van der Waals surface area contributed by atoms with Gasteiger partial charge in [-0.3, -0.25) is 4.79 Å². The van der Waals surface area contributed by atoms with Crippen LogP contribution in [0.3, 0.4) is 0 Å². The molecule has 0 spiro atoms. The van der Waals surface area contributed by atoms with E-state index in [1.165, 1.54) is 11.3 Å². The predicted molar refractivity (Wildman–Crippen MR) is 65.0 cm³/mol. The third-order valence-electron chi connectivity index (χ3n) is 2.84. The molecule has 0 bridgehead atoms. The first-order valence-corrected chi connectivity index (χ1v) is 6.59. The third kappa shape index (κ3) is 2.51. The van der Waals surface area contributed by atoms with Crippen molar-refractivity contribution in [3.05, 3.63) is 22.4 Å². The lowest BCUT2D eigenvalue weighted by Gasteiger charge is -2.16. The number of carbonyl (C=O) groups is 1. The Hall–Kier alpha value is -0.710. The monoisotopic (exact) mass is 239 g/mol. The van der Waals surface area contributed by atoms with Crippen LogP contribution >= 0.6 is 11.3 Å². The van der Waals surface area contributed by atoms with Gasteiger partial charge in [0.1, 0.15) is 0 Å². The summed E-state index contributed by atoms with van der Waals surface area (Å²) < 4.78 is 5.41. The third-order valence-corrected chi connectivity index (χ3v) is 3.72. The van der Waals surface area contributed by atoms with E-state index in [0.717, 1.165) is 17.8 Å². The molecular weight excluding hydrogens is 222 g/mol. The molecule has 1 aromatic heterocycles. The van der Waals surface area contributed by atoms with Crippen molar-refractivity contribution in [2.24, 2.45) is 5.92 Å². The second-order valence-electron chi connectivity index (χ2n) is 4.05. The van der Waals surface area contributed by atoms with Crippen molar-refractivity contribution in [3.8, 4) is 0 Å². The molecule has 2 rings (SSSR count). The Morgan fingerprint density at radius 2 is 2.50 bits per heavy atom. The minimum Gasteiger partial charge on any atom is -0.379 e. The fourth-order valence-electron chi connectivity index (χ4n) is 1.95. The van der Waals surface area contributed by atoms with Gasteiger partial charge in [0.2, 0.25) is 0 Å². The van der Waals surface area contributed by atoms with Crippen LogP contribution in [0.15, 0.2) is 17.5 Å². The summed E-state index contributed by atoms with van der Waals surface area (Å²) in [5, 5.41) is 5.32. The molecule has 0 saturated carbocycles. The highest BCUT2D eigenvalue weighted by atomic mass is 32.1. The maximum absolute atomic E-state index is 12.2. The first kappa shape index (κ1) is 11.8. The molecule has 2 unspecified atom stereocenters. The van der Waals surface area contributed by atoms with Crippen molar-refractivity contribution >= 4 is 17.1 Å². The molecule has 0 aliphatic carbocycles. The number of hydrogen-bond acceptors (Lipinski definition) is 4. The lowest BCUT2D eigenvalue weighted by Crippen LogP contribution is -2.39. The molecule has 2 atom stereocenters. The standard InChI is InChI=1S/C12H17NO2S/c1-2-5-13-10-8-15-7-9(10)12(14)11-4-3-6-16-11/h3-4,6,9-10,13H,2,5,7-8H2,1H3. The molecule has 0 aromatic carbocycles.